The summed E-state index contributed by atoms with van der Waals surface area (Å²) >= 11 is 0. The van der Waals surface area contributed by atoms with Crippen LogP contribution in [0.1, 0.15) is 32.6 Å². The molecule has 0 atom stereocenters. The number of carbonyl (C=O) groups is 1. The van der Waals surface area contributed by atoms with Gasteiger partial charge in [-0.2, -0.15) is 0 Å². The zero-order chi connectivity index (χ0) is 14.4. The molecule has 114 valence electrons. The molecule has 2 heterocycles. The van der Waals surface area contributed by atoms with Gasteiger partial charge in [0.15, 0.2) is 0 Å². The zero-order valence-corrected chi connectivity index (χ0v) is 12.5. The van der Waals surface area contributed by atoms with Gasteiger partial charge in [-0.15, -0.1) is 0 Å². The lowest BCUT2D eigenvalue weighted by Gasteiger charge is -2.39. The molecule has 0 unspecified atom stereocenters. The van der Waals surface area contributed by atoms with Crippen molar-refractivity contribution in [1.82, 2.24) is 9.80 Å². The summed E-state index contributed by atoms with van der Waals surface area (Å²) in [5.74, 6) is 0. The Balaban J connectivity index is 1.81. The van der Waals surface area contributed by atoms with E-state index in [1.165, 1.54) is 0 Å². The molecule has 2 rings (SSSR count). The minimum Gasteiger partial charge on any atom is -0.450 e. The summed E-state index contributed by atoms with van der Waals surface area (Å²) in [5, 5.41) is 4.09. The molecule has 0 saturated carbocycles. The standard InChI is InChI=1S/C14H25N3O3/c1-3-20-14(18)16-9-6-13(7-10-16)17-8-4-5-12(11-17)15-19-2/h13H,3-11H2,1-2H3. The first-order valence-electron chi connectivity index (χ1n) is 7.49. The van der Waals surface area contributed by atoms with Gasteiger partial charge in [-0.1, -0.05) is 5.16 Å². The number of carbonyl (C=O) groups excluding carboxylic acids is 1. The Hall–Kier alpha value is -1.30. The first-order chi connectivity index (χ1) is 9.74. The molecule has 2 aliphatic rings. The highest BCUT2D eigenvalue weighted by Gasteiger charge is 2.29. The fraction of sp³-hybridized carbons (Fsp3) is 0.857. The molecule has 0 aliphatic carbocycles. The maximum absolute atomic E-state index is 11.7. The maximum atomic E-state index is 11.7. The smallest absolute Gasteiger partial charge is 0.409 e. The number of hydrogen-bond acceptors (Lipinski definition) is 5. The molecule has 2 fully saturated rings. The molecule has 6 nitrogen and oxygen atoms in total. The molecule has 2 aliphatic heterocycles. The van der Waals surface area contributed by atoms with Gasteiger partial charge in [0.05, 0.1) is 12.3 Å². The van der Waals surface area contributed by atoms with Crippen molar-refractivity contribution in [2.45, 2.75) is 38.6 Å². The Bertz CT molecular complexity index is 352. The number of likely N-dealkylation sites (tertiary alicyclic amines) is 2. The lowest BCUT2D eigenvalue weighted by molar-refractivity contribution is 0.0763. The summed E-state index contributed by atoms with van der Waals surface area (Å²) in [6.45, 7) is 5.88. The van der Waals surface area contributed by atoms with Crippen molar-refractivity contribution in [2.75, 3.05) is 39.9 Å². The lowest BCUT2D eigenvalue weighted by Crippen LogP contribution is -2.49. The first-order valence-corrected chi connectivity index (χ1v) is 7.49. The van der Waals surface area contributed by atoms with E-state index in [0.29, 0.717) is 12.6 Å². The highest BCUT2D eigenvalue weighted by atomic mass is 16.6. The van der Waals surface area contributed by atoms with Gasteiger partial charge >= 0.3 is 6.09 Å². The highest BCUT2D eigenvalue weighted by molar-refractivity contribution is 5.86. The van der Waals surface area contributed by atoms with E-state index in [1.807, 2.05) is 11.8 Å². The van der Waals surface area contributed by atoms with Crippen LogP contribution in [0.25, 0.3) is 0 Å². The molecule has 0 aromatic carbocycles. The fourth-order valence-electron chi connectivity index (χ4n) is 3.02. The second-order valence-electron chi connectivity index (χ2n) is 5.33. The molecule has 1 amide bonds. The van der Waals surface area contributed by atoms with E-state index < -0.39 is 0 Å². The third kappa shape index (κ3) is 3.85. The van der Waals surface area contributed by atoms with E-state index in [2.05, 4.69) is 10.1 Å². The minimum atomic E-state index is -0.175. The Morgan fingerprint density at radius 1 is 1.35 bits per heavy atom. The van der Waals surface area contributed by atoms with Gasteiger partial charge < -0.3 is 14.5 Å². The Morgan fingerprint density at radius 3 is 2.75 bits per heavy atom. The van der Waals surface area contributed by atoms with Crippen LogP contribution in [0.3, 0.4) is 0 Å². The molecule has 0 aromatic rings. The highest BCUT2D eigenvalue weighted by Crippen LogP contribution is 2.20. The van der Waals surface area contributed by atoms with Crippen LogP contribution >= 0.6 is 0 Å². The van der Waals surface area contributed by atoms with Gasteiger partial charge in [0.25, 0.3) is 0 Å². The van der Waals surface area contributed by atoms with Gasteiger partial charge in [0.2, 0.25) is 0 Å². The molecule has 6 heteroatoms. The summed E-state index contributed by atoms with van der Waals surface area (Å²) in [5.41, 5.74) is 1.13. The van der Waals surface area contributed by atoms with E-state index in [9.17, 15) is 4.79 Å². The molecular formula is C14H25N3O3. The fourth-order valence-corrected chi connectivity index (χ4v) is 3.02. The SMILES string of the molecule is CCOC(=O)N1CCC(N2CCCC(=NOC)C2)CC1. The summed E-state index contributed by atoms with van der Waals surface area (Å²) in [6, 6.07) is 0.544. The number of nitrogens with zero attached hydrogens (tertiary/aromatic N) is 3. The topological polar surface area (TPSA) is 54.4 Å². The van der Waals surface area contributed by atoms with E-state index in [-0.39, 0.29) is 6.09 Å². The van der Waals surface area contributed by atoms with Crippen LogP contribution in [-0.4, -0.2) is 67.5 Å². The average Bonchev–Trinajstić information content (AvgIpc) is 2.48. The second-order valence-corrected chi connectivity index (χ2v) is 5.33. The number of amides is 1. The van der Waals surface area contributed by atoms with E-state index in [1.54, 1.807) is 7.11 Å². The van der Waals surface area contributed by atoms with Crippen LogP contribution in [0.2, 0.25) is 0 Å². The summed E-state index contributed by atoms with van der Waals surface area (Å²) < 4.78 is 5.05. The van der Waals surface area contributed by atoms with Crippen LogP contribution < -0.4 is 0 Å². The quantitative estimate of drug-likeness (QED) is 0.740. The Kier molecular flexibility index (Phi) is 5.64. The largest absolute Gasteiger partial charge is 0.450 e. The van der Waals surface area contributed by atoms with Gasteiger partial charge in [-0.25, -0.2) is 4.79 Å². The predicted molar refractivity (Wildman–Crippen MR) is 76.9 cm³/mol. The molecule has 0 bridgehead atoms. The van der Waals surface area contributed by atoms with Crippen molar-refractivity contribution in [2.24, 2.45) is 5.16 Å². The summed E-state index contributed by atoms with van der Waals surface area (Å²) in [7, 11) is 1.60. The molecule has 20 heavy (non-hydrogen) atoms. The monoisotopic (exact) mass is 283 g/mol. The molecule has 0 N–H and O–H groups in total. The summed E-state index contributed by atoms with van der Waals surface area (Å²) in [6.07, 6.45) is 4.02. The van der Waals surface area contributed by atoms with Crippen LogP contribution in [0.5, 0.6) is 0 Å². The normalized spacial score (nSPS) is 23.9. The van der Waals surface area contributed by atoms with Crippen molar-refractivity contribution in [3.05, 3.63) is 0 Å². The lowest BCUT2D eigenvalue weighted by atomic mass is 9.99. The molecule has 0 aromatic heterocycles. The number of piperidine rings is 2. The van der Waals surface area contributed by atoms with Crippen molar-refractivity contribution in [3.8, 4) is 0 Å². The van der Waals surface area contributed by atoms with E-state index in [0.717, 1.165) is 57.6 Å². The van der Waals surface area contributed by atoms with Crippen molar-refractivity contribution < 1.29 is 14.4 Å². The number of rotatable bonds is 3. The van der Waals surface area contributed by atoms with Gasteiger partial charge in [0, 0.05) is 25.7 Å². The predicted octanol–water partition coefficient (Wildman–Crippen LogP) is 1.71. The average molecular weight is 283 g/mol. The van der Waals surface area contributed by atoms with Gasteiger partial charge in [0.1, 0.15) is 7.11 Å². The van der Waals surface area contributed by atoms with Crippen LogP contribution in [0.4, 0.5) is 4.79 Å². The first kappa shape index (κ1) is 15.1. The van der Waals surface area contributed by atoms with E-state index >= 15 is 0 Å². The van der Waals surface area contributed by atoms with Gasteiger partial charge in [-0.3, -0.25) is 4.90 Å². The van der Waals surface area contributed by atoms with Gasteiger partial charge in [-0.05, 0) is 39.2 Å². The Labute approximate surface area is 120 Å². The summed E-state index contributed by atoms with van der Waals surface area (Å²) in [4.78, 5) is 20.8. The molecule has 0 spiro atoms. The minimum absolute atomic E-state index is 0.175. The molecule has 2 saturated heterocycles. The third-order valence-electron chi connectivity index (χ3n) is 4.02. The molecule has 0 radical (unpaired) electrons. The van der Waals surface area contributed by atoms with Crippen LogP contribution in [0.15, 0.2) is 5.16 Å². The van der Waals surface area contributed by atoms with Crippen molar-refractivity contribution >= 4 is 11.8 Å². The van der Waals surface area contributed by atoms with Crippen molar-refractivity contribution in [1.29, 1.82) is 0 Å². The third-order valence-corrected chi connectivity index (χ3v) is 4.02. The van der Waals surface area contributed by atoms with Crippen LogP contribution in [0, 0.1) is 0 Å². The Morgan fingerprint density at radius 2 is 2.10 bits per heavy atom. The zero-order valence-electron chi connectivity index (χ0n) is 12.5. The number of oxime groups is 1. The number of hydrogen-bond donors (Lipinski definition) is 0. The number of ether oxygens (including phenoxy) is 1. The molecular weight excluding hydrogens is 258 g/mol. The second kappa shape index (κ2) is 7.47. The van der Waals surface area contributed by atoms with Crippen molar-refractivity contribution in [3.63, 3.8) is 0 Å². The van der Waals surface area contributed by atoms with E-state index in [4.69, 9.17) is 9.57 Å². The maximum Gasteiger partial charge on any atom is 0.409 e. The van der Waals surface area contributed by atoms with Crippen LogP contribution in [-0.2, 0) is 9.57 Å².